The van der Waals surface area contributed by atoms with E-state index in [1.807, 2.05) is 0 Å². The van der Waals surface area contributed by atoms with Gasteiger partial charge in [0.1, 0.15) is 0 Å². The number of hydrogen-bond donors (Lipinski definition) is 2. The van der Waals surface area contributed by atoms with Crippen molar-refractivity contribution in [2.24, 2.45) is 13.0 Å². The van der Waals surface area contributed by atoms with Gasteiger partial charge in [0.2, 0.25) is 0 Å². The third-order valence-corrected chi connectivity index (χ3v) is 4.54. The Morgan fingerprint density at radius 3 is 2.50 bits per heavy atom. The van der Waals surface area contributed by atoms with Crippen LogP contribution in [-0.2, 0) is 28.3 Å². The number of aryl methyl sites for hydroxylation is 1. The van der Waals surface area contributed by atoms with E-state index >= 15 is 0 Å². The molecule has 1 unspecified atom stereocenters. The van der Waals surface area contributed by atoms with Crippen LogP contribution in [0.25, 0.3) is 0 Å². The van der Waals surface area contributed by atoms with Crippen LogP contribution in [0.2, 0.25) is 0 Å². The number of carboxylic acid groups (broad SMARTS) is 1. The van der Waals surface area contributed by atoms with E-state index in [2.05, 4.69) is 15.0 Å². The van der Waals surface area contributed by atoms with Crippen molar-refractivity contribution in [2.75, 3.05) is 4.72 Å². The molecule has 0 radical (unpaired) electrons. The summed E-state index contributed by atoms with van der Waals surface area (Å²) in [5.74, 6) is -1.36. The van der Waals surface area contributed by atoms with Gasteiger partial charge in [-0.1, -0.05) is 24.3 Å². The van der Waals surface area contributed by atoms with E-state index in [0.717, 1.165) is 16.4 Å². The SMILES string of the molecule is CC(Cc1ccc(NS(=O)(=O)c2cnnn2C)cc1)C(=O)O. The average molecular weight is 324 g/mol. The minimum atomic E-state index is -3.76. The Labute approximate surface area is 127 Å². The minimum Gasteiger partial charge on any atom is -0.481 e. The molecule has 22 heavy (non-hydrogen) atoms. The molecule has 0 saturated carbocycles. The van der Waals surface area contributed by atoms with Crippen molar-refractivity contribution in [3.8, 4) is 0 Å². The first kappa shape index (κ1) is 16.0. The Morgan fingerprint density at radius 2 is 2.00 bits per heavy atom. The molecule has 1 heterocycles. The number of carbonyl (C=O) groups is 1. The monoisotopic (exact) mass is 324 g/mol. The van der Waals surface area contributed by atoms with Gasteiger partial charge in [0.05, 0.1) is 12.1 Å². The maximum absolute atomic E-state index is 12.1. The van der Waals surface area contributed by atoms with Crippen LogP contribution in [0, 0.1) is 5.92 Å². The second-order valence-electron chi connectivity index (χ2n) is 4.94. The predicted molar refractivity (Wildman–Crippen MR) is 78.8 cm³/mol. The molecule has 1 aromatic carbocycles. The van der Waals surface area contributed by atoms with Crippen LogP contribution in [0.3, 0.4) is 0 Å². The van der Waals surface area contributed by atoms with Gasteiger partial charge in [-0.15, -0.1) is 5.10 Å². The fraction of sp³-hybridized carbons (Fsp3) is 0.308. The van der Waals surface area contributed by atoms with Gasteiger partial charge in [0.15, 0.2) is 5.03 Å². The molecule has 8 nitrogen and oxygen atoms in total. The number of carboxylic acids is 1. The van der Waals surface area contributed by atoms with E-state index < -0.39 is 21.9 Å². The molecular formula is C13H16N4O4S. The van der Waals surface area contributed by atoms with Crippen molar-refractivity contribution in [3.63, 3.8) is 0 Å². The molecule has 2 aromatic rings. The van der Waals surface area contributed by atoms with Gasteiger partial charge in [0.25, 0.3) is 10.0 Å². The summed E-state index contributed by atoms with van der Waals surface area (Å²) in [5, 5.41) is 15.9. The van der Waals surface area contributed by atoms with Crippen LogP contribution in [0.15, 0.2) is 35.5 Å². The molecule has 0 bridgehead atoms. The summed E-state index contributed by atoms with van der Waals surface area (Å²) in [6.07, 6.45) is 1.54. The van der Waals surface area contributed by atoms with Gasteiger partial charge in [-0.05, 0) is 24.1 Å². The maximum Gasteiger partial charge on any atom is 0.306 e. The minimum absolute atomic E-state index is 0.0453. The highest BCUT2D eigenvalue weighted by Gasteiger charge is 2.19. The number of anilines is 1. The van der Waals surface area contributed by atoms with Gasteiger partial charge in [0, 0.05) is 12.7 Å². The zero-order valence-electron chi connectivity index (χ0n) is 12.1. The van der Waals surface area contributed by atoms with E-state index in [9.17, 15) is 13.2 Å². The molecule has 9 heteroatoms. The summed E-state index contributed by atoms with van der Waals surface area (Å²) in [6, 6.07) is 6.56. The van der Waals surface area contributed by atoms with Crippen molar-refractivity contribution in [3.05, 3.63) is 36.0 Å². The van der Waals surface area contributed by atoms with Crippen molar-refractivity contribution in [1.29, 1.82) is 0 Å². The third kappa shape index (κ3) is 3.61. The first-order chi connectivity index (χ1) is 10.3. The van der Waals surface area contributed by atoms with Crippen molar-refractivity contribution < 1.29 is 18.3 Å². The van der Waals surface area contributed by atoms with E-state index in [-0.39, 0.29) is 5.03 Å². The molecule has 0 aliphatic rings. The smallest absolute Gasteiger partial charge is 0.306 e. The number of benzene rings is 1. The number of nitrogens with zero attached hydrogens (tertiary/aromatic N) is 3. The molecular weight excluding hydrogens is 308 g/mol. The average Bonchev–Trinajstić information content (AvgIpc) is 2.87. The number of sulfonamides is 1. The molecule has 118 valence electrons. The summed E-state index contributed by atoms with van der Waals surface area (Å²) in [6.45, 7) is 1.62. The Balaban J connectivity index is 2.12. The fourth-order valence-corrected chi connectivity index (χ4v) is 3.00. The number of hydrogen-bond acceptors (Lipinski definition) is 5. The van der Waals surface area contributed by atoms with Crippen LogP contribution in [0.5, 0.6) is 0 Å². The Bertz CT molecular complexity index is 768. The van der Waals surface area contributed by atoms with E-state index in [4.69, 9.17) is 5.11 Å². The maximum atomic E-state index is 12.1. The predicted octanol–water partition coefficient (Wildman–Crippen LogP) is 0.879. The first-order valence-corrected chi connectivity index (χ1v) is 7.97. The van der Waals surface area contributed by atoms with Gasteiger partial charge in [-0.2, -0.15) is 8.42 Å². The standard InChI is InChI=1S/C13H16N4O4S/c1-9(13(18)19)7-10-3-5-11(6-4-10)15-22(20,21)12-8-14-16-17(12)2/h3-6,8-9,15H,7H2,1-2H3,(H,18,19). The summed E-state index contributed by atoms with van der Waals surface area (Å²) in [7, 11) is -2.27. The zero-order valence-corrected chi connectivity index (χ0v) is 12.9. The Kier molecular flexibility index (Phi) is 4.45. The Morgan fingerprint density at radius 1 is 1.36 bits per heavy atom. The molecule has 0 aliphatic heterocycles. The third-order valence-electron chi connectivity index (χ3n) is 3.12. The molecule has 1 aromatic heterocycles. The number of aromatic nitrogens is 3. The van der Waals surface area contributed by atoms with Gasteiger partial charge < -0.3 is 5.11 Å². The van der Waals surface area contributed by atoms with Crippen LogP contribution in [-0.4, -0.2) is 34.5 Å². The first-order valence-electron chi connectivity index (χ1n) is 6.49. The van der Waals surface area contributed by atoms with Crippen LogP contribution >= 0.6 is 0 Å². The molecule has 1 atom stereocenters. The lowest BCUT2D eigenvalue weighted by Crippen LogP contribution is -2.16. The molecule has 0 amide bonds. The van der Waals surface area contributed by atoms with E-state index in [1.165, 1.54) is 7.05 Å². The molecule has 0 aliphatic carbocycles. The highest BCUT2D eigenvalue weighted by Crippen LogP contribution is 2.17. The van der Waals surface area contributed by atoms with E-state index in [0.29, 0.717) is 12.1 Å². The normalized spacial score (nSPS) is 12.8. The lowest BCUT2D eigenvalue weighted by Gasteiger charge is -2.09. The second-order valence-corrected chi connectivity index (χ2v) is 6.57. The number of nitrogens with one attached hydrogen (secondary N) is 1. The van der Waals surface area contributed by atoms with Crippen LogP contribution in [0.4, 0.5) is 5.69 Å². The highest BCUT2D eigenvalue weighted by molar-refractivity contribution is 7.92. The summed E-state index contributed by atoms with van der Waals surface area (Å²) in [4.78, 5) is 10.8. The van der Waals surface area contributed by atoms with E-state index in [1.54, 1.807) is 31.2 Å². The highest BCUT2D eigenvalue weighted by atomic mass is 32.2. The molecule has 2 rings (SSSR count). The molecule has 0 saturated heterocycles. The number of aliphatic carboxylic acids is 1. The van der Waals surface area contributed by atoms with Crippen molar-refractivity contribution >= 4 is 21.7 Å². The molecule has 0 spiro atoms. The van der Waals surface area contributed by atoms with Crippen LogP contribution < -0.4 is 4.72 Å². The van der Waals surface area contributed by atoms with Gasteiger partial charge >= 0.3 is 5.97 Å². The molecule has 0 fully saturated rings. The zero-order chi connectivity index (χ0) is 16.3. The van der Waals surface area contributed by atoms with Crippen molar-refractivity contribution in [2.45, 2.75) is 18.4 Å². The Hall–Kier alpha value is -2.42. The lowest BCUT2D eigenvalue weighted by atomic mass is 10.0. The van der Waals surface area contributed by atoms with Crippen molar-refractivity contribution in [1.82, 2.24) is 15.0 Å². The molecule has 2 N–H and O–H groups in total. The topological polar surface area (TPSA) is 114 Å². The summed E-state index contributed by atoms with van der Waals surface area (Å²) in [5.41, 5.74) is 1.20. The number of rotatable bonds is 6. The largest absolute Gasteiger partial charge is 0.481 e. The van der Waals surface area contributed by atoms with Gasteiger partial charge in [-0.25, -0.2) is 4.68 Å². The summed E-state index contributed by atoms with van der Waals surface area (Å²) < 4.78 is 27.9. The quantitative estimate of drug-likeness (QED) is 0.815. The summed E-state index contributed by atoms with van der Waals surface area (Å²) >= 11 is 0. The fourth-order valence-electron chi connectivity index (χ4n) is 1.88. The lowest BCUT2D eigenvalue weighted by molar-refractivity contribution is -0.141. The van der Waals surface area contributed by atoms with Crippen LogP contribution in [0.1, 0.15) is 12.5 Å². The van der Waals surface area contributed by atoms with Gasteiger partial charge in [-0.3, -0.25) is 9.52 Å². The second kappa shape index (κ2) is 6.14.